The van der Waals surface area contributed by atoms with E-state index < -0.39 is 0 Å². The molecule has 0 heterocycles. The highest BCUT2D eigenvalue weighted by Crippen LogP contribution is 2.35. The van der Waals surface area contributed by atoms with Crippen molar-refractivity contribution in [2.75, 3.05) is 0 Å². The highest BCUT2D eigenvalue weighted by Gasteiger charge is 2.34. The summed E-state index contributed by atoms with van der Waals surface area (Å²) in [5.41, 5.74) is 0.656. The fraction of sp³-hybridized carbons (Fsp3) is 0.333. The van der Waals surface area contributed by atoms with Gasteiger partial charge in [0.2, 0.25) is 0 Å². The number of nitriles is 1. The first-order valence-electron chi connectivity index (χ1n) is 4.90. The van der Waals surface area contributed by atoms with Gasteiger partial charge in [0, 0.05) is 22.4 Å². The Kier molecular flexibility index (Phi) is 2.75. The highest BCUT2D eigenvalue weighted by molar-refractivity contribution is 6.31. The second-order valence-electron chi connectivity index (χ2n) is 3.87. The molecule has 0 radical (unpaired) electrons. The molecule has 1 saturated carbocycles. The Morgan fingerprint density at radius 1 is 1.47 bits per heavy atom. The average Bonchev–Trinajstić information content (AvgIpc) is 2.16. The highest BCUT2D eigenvalue weighted by atomic mass is 35.5. The van der Waals surface area contributed by atoms with Gasteiger partial charge in [-0.25, -0.2) is 0 Å². The second-order valence-corrected chi connectivity index (χ2v) is 4.31. The van der Waals surface area contributed by atoms with Gasteiger partial charge in [-0.1, -0.05) is 23.7 Å². The lowest BCUT2D eigenvalue weighted by Gasteiger charge is -2.29. The Morgan fingerprint density at radius 3 is 2.80 bits per heavy atom. The van der Waals surface area contributed by atoms with Crippen molar-refractivity contribution in [3.63, 3.8) is 0 Å². The summed E-state index contributed by atoms with van der Waals surface area (Å²) in [7, 11) is 0. The molecular formula is C12H10ClNO. The van der Waals surface area contributed by atoms with Crippen LogP contribution >= 0.6 is 11.6 Å². The van der Waals surface area contributed by atoms with Crippen LogP contribution in [0, 0.1) is 23.2 Å². The van der Waals surface area contributed by atoms with Crippen molar-refractivity contribution in [1.29, 1.82) is 5.26 Å². The first kappa shape index (κ1) is 10.2. The van der Waals surface area contributed by atoms with Gasteiger partial charge in [0.15, 0.2) is 5.78 Å². The van der Waals surface area contributed by atoms with Crippen molar-refractivity contribution < 1.29 is 4.79 Å². The summed E-state index contributed by atoms with van der Waals surface area (Å²) in [6, 6.07) is 9.15. The van der Waals surface area contributed by atoms with Gasteiger partial charge in [-0.3, -0.25) is 4.79 Å². The van der Waals surface area contributed by atoms with Crippen LogP contribution in [0.25, 0.3) is 0 Å². The number of carbonyl (C=O) groups is 1. The van der Waals surface area contributed by atoms with E-state index in [2.05, 4.69) is 6.07 Å². The first-order chi connectivity index (χ1) is 7.20. The third-order valence-corrected chi connectivity index (χ3v) is 3.04. The van der Waals surface area contributed by atoms with E-state index in [0.717, 1.165) is 0 Å². The second kappa shape index (κ2) is 4.04. The van der Waals surface area contributed by atoms with Crippen molar-refractivity contribution in [1.82, 2.24) is 0 Å². The van der Waals surface area contributed by atoms with Gasteiger partial charge in [-0.05, 0) is 25.0 Å². The topological polar surface area (TPSA) is 40.9 Å². The zero-order chi connectivity index (χ0) is 10.8. The van der Waals surface area contributed by atoms with Gasteiger partial charge in [-0.2, -0.15) is 5.26 Å². The van der Waals surface area contributed by atoms with E-state index in [1.54, 1.807) is 24.3 Å². The third kappa shape index (κ3) is 2.03. The SMILES string of the molecule is N#CC1CC(C(=O)c2cccc(Cl)c2)C1. The van der Waals surface area contributed by atoms with E-state index >= 15 is 0 Å². The Hall–Kier alpha value is -1.33. The van der Waals surface area contributed by atoms with Crippen LogP contribution in [0.5, 0.6) is 0 Å². The molecule has 2 rings (SSSR count). The van der Waals surface area contributed by atoms with Gasteiger partial charge in [0.05, 0.1) is 6.07 Å². The molecule has 1 fully saturated rings. The third-order valence-electron chi connectivity index (χ3n) is 2.80. The minimum atomic E-state index is 0.0214. The molecule has 0 N–H and O–H groups in total. The maximum Gasteiger partial charge on any atom is 0.166 e. The Labute approximate surface area is 93.5 Å². The quantitative estimate of drug-likeness (QED) is 0.718. The maximum absolute atomic E-state index is 11.9. The lowest BCUT2D eigenvalue weighted by molar-refractivity contribution is 0.0817. The smallest absolute Gasteiger partial charge is 0.166 e. The molecule has 0 unspecified atom stereocenters. The number of hydrogen-bond donors (Lipinski definition) is 0. The summed E-state index contributed by atoms with van der Waals surface area (Å²) in [5, 5.41) is 9.20. The number of halogens is 1. The predicted molar refractivity (Wildman–Crippen MR) is 57.6 cm³/mol. The lowest BCUT2D eigenvalue weighted by Crippen LogP contribution is -2.29. The molecule has 1 aliphatic rings. The number of rotatable bonds is 2. The van der Waals surface area contributed by atoms with E-state index in [4.69, 9.17) is 16.9 Å². The van der Waals surface area contributed by atoms with E-state index in [9.17, 15) is 4.79 Å². The molecule has 15 heavy (non-hydrogen) atoms. The predicted octanol–water partition coefficient (Wildman–Crippen LogP) is 3.07. The number of ketones is 1. The summed E-state index contributed by atoms with van der Waals surface area (Å²) in [4.78, 5) is 11.9. The van der Waals surface area contributed by atoms with E-state index in [0.29, 0.717) is 23.4 Å². The molecule has 0 amide bonds. The summed E-state index contributed by atoms with van der Waals surface area (Å²) >= 11 is 5.81. The summed E-state index contributed by atoms with van der Waals surface area (Å²) in [6.45, 7) is 0. The van der Waals surface area contributed by atoms with Crippen LogP contribution in [-0.2, 0) is 0 Å². The molecule has 0 saturated heterocycles. The van der Waals surface area contributed by atoms with E-state index in [-0.39, 0.29) is 17.6 Å². The zero-order valence-electron chi connectivity index (χ0n) is 8.11. The van der Waals surface area contributed by atoms with E-state index in [1.165, 1.54) is 0 Å². The minimum absolute atomic E-state index is 0.0214. The van der Waals surface area contributed by atoms with Crippen LogP contribution in [0.2, 0.25) is 5.02 Å². The zero-order valence-corrected chi connectivity index (χ0v) is 8.87. The summed E-state index contributed by atoms with van der Waals surface area (Å²) < 4.78 is 0. The van der Waals surface area contributed by atoms with Crippen molar-refractivity contribution in [2.45, 2.75) is 12.8 Å². The standard InChI is InChI=1S/C12H10ClNO/c13-11-3-1-2-9(6-11)12(15)10-4-8(5-10)7-14/h1-3,6,8,10H,4-5H2. The van der Waals surface area contributed by atoms with Crippen LogP contribution in [0.15, 0.2) is 24.3 Å². The monoisotopic (exact) mass is 219 g/mol. The van der Waals surface area contributed by atoms with Crippen LogP contribution in [0.3, 0.4) is 0 Å². The Balaban J connectivity index is 2.07. The van der Waals surface area contributed by atoms with Gasteiger partial charge >= 0.3 is 0 Å². The van der Waals surface area contributed by atoms with Crippen LogP contribution in [0.4, 0.5) is 0 Å². The molecule has 0 aliphatic heterocycles. The van der Waals surface area contributed by atoms with Crippen LogP contribution in [-0.4, -0.2) is 5.78 Å². The van der Waals surface area contributed by atoms with Crippen molar-refractivity contribution in [2.24, 2.45) is 11.8 Å². The molecular weight excluding hydrogens is 210 g/mol. The summed E-state index contributed by atoms with van der Waals surface area (Å²) in [6.07, 6.45) is 1.39. The Bertz CT molecular complexity index is 429. The molecule has 76 valence electrons. The molecule has 0 aromatic heterocycles. The van der Waals surface area contributed by atoms with Crippen molar-refractivity contribution in [3.8, 4) is 6.07 Å². The fourth-order valence-corrected chi connectivity index (χ4v) is 2.01. The number of benzene rings is 1. The fourth-order valence-electron chi connectivity index (χ4n) is 1.81. The van der Waals surface area contributed by atoms with Gasteiger partial charge in [0.25, 0.3) is 0 Å². The molecule has 0 bridgehead atoms. The molecule has 0 atom stereocenters. The lowest BCUT2D eigenvalue weighted by atomic mass is 9.72. The molecule has 2 nitrogen and oxygen atoms in total. The summed E-state index contributed by atoms with van der Waals surface area (Å²) in [5.74, 6) is 0.204. The number of hydrogen-bond acceptors (Lipinski definition) is 2. The van der Waals surface area contributed by atoms with E-state index in [1.807, 2.05) is 0 Å². The molecule has 3 heteroatoms. The van der Waals surface area contributed by atoms with Gasteiger partial charge in [-0.15, -0.1) is 0 Å². The van der Waals surface area contributed by atoms with Gasteiger partial charge < -0.3 is 0 Å². The minimum Gasteiger partial charge on any atom is -0.294 e. The first-order valence-corrected chi connectivity index (χ1v) is 5.28. The Morgan fingerprint density at radius 2 is 2.20 bits per heavy atom. The average molecular weight is 220 g/mol. The number of carbonyl (C=O) groups excluding carboxylic acids is 1. The maximum atomic E-state index is 11.9. The van der Waals surface area contributed by atoms with Crippen molar-refractivity contribution >= 4 is 17.4 Å². The molecule has 1 aromatic carbocycles. The van der Waals surface area contributed by atoms with Crippen molar-refractivity contribution in [3.05, 3.63) is 34.9 Å². The number of nitrogens with zero attached hydrogens (tertiary/aromatic N) is 1. The normalized spacial score (nSPS) is 24.0. The van der Waals surface area contributed by atoms with Crippen LogP contribution < -0.4 is 0 Å². The van der Waals surface area contributed by atoms with Gasteiger partial charge in [0.1, 0.15) is 0 Å². The molecule has 1 aliphatic carbocycles. The molecule has 0 spiro atoms. The largest absolute Gasteiger partial charge is 0.294 e. The van der Waals surface area contributed by atoms with Crippen LogP contribution in [0.1, 0.15) is 23.2 Å². The number of Topliss-reactive ketones (excluding diaryl/α,β-unsaturated/α-hetero) is 1. The molecule has 1 aromatic rings.